The van der Waals surface area contributed by atoms with Crippen molar-refractivity contribution in [2.45, 2.75) is 19.4 Å². The van der Waals surface area contributed by atoms with Gasteiger partial charge in [0, 0.05) is 31.9 Å². The van der Waals surface area contributed by atoms with Gasteiger partial charge in [0.25, 0.3) is 0 Å². The first kappa shape index (κ1) is 12.0. The number of hydrogen-bond acceptors (Lipinski definition) is 4. The Labute approximate surface area is 108 Å². The Morgan fingerprint density at radius 3 is 3.06 bits per heavy atom. The maximum atomic E-state index is 5.35. The Bertz CT molecular complexity index is 402. The lowest BCUT2D eigenvalue weighted by molar-refractivity contribution is 0.0106. The number of morpholine rings is 1. The van der Waals surface area contributed by atoms with Gasteiger partial charge in [-0.2, -0.15) is 0 Å². The topological polar surface area (TPSA) is 36.5 Å². The molecule has 4 heteroatoms. The monoisotopic (exact) mass is 247 g/mol. The molecular formula is C14H21N3O. The van der Waals surface area contributed by atoms with E-state index in [1.807, 2.05) is 0 Å². The number of nitrogens with one attached hydrogen (secondary N) is 2. The van der Waals surface area contributed by atoms with Crippen molar-refractivity contribution in [3.05, 3.63) is 29.3 Å². The van der Waals surface area contributed by atoms with E-state index in [-0.39, 0.29) is 0 Å². The second kappa shape index (κ2) is 5.69. The molecule has 1 aromatic rings. The molecule has 1 fully saturated rings. The van der Waals surface area contributed by atoms with Gasteiger partial charge in [0.2, 0.25) is 0 Å². The Hall–Kier alpha value is -1.10. The number of benzene rings is 1. The summed E-state index contributed by atoms with van der Waals surface area (Å²) in [5.74, 6) is 0. The second-order valence-corrected chi connectivity index (χ2v) is 4.92. The minimum atomic E-state index is 0.831. The number of hydrogen-bond donors (Lipinski definition) is 2. The fourth-order valence-corrected chi connectivity index (χ4v) is 2.65. The first-order valence-corrected chi connectivity index (χ1v) is 6.84. The first-order chi connectivity index (χ1) is 8.93. The summed E-state index contributed by atoms with van der Waals surface area (Å²) in [6.07, 6.45) is 2.45. The molecule has 0 spiro atoms. The van der Waals surface area contributed by atoms with Crippen molar-refractivity contribution in [3.63, 3.8) is 0 Å². The SMILES string of the molecule is c1cc2c(c(CNN3CCOCC3)c1)NCCC2. The van der Waals surface area contributed by atoms with Gasteiger partial charge < -0.3 is 10.1 Å². The summed E-state index contributed by atoms with van der Waals surface area (Å²) >= 11 is 0. The number of rotatable bonds is 3. The fraction of sp³-hybridized carbons (Fsp3) is 0.571. The number of para-hydroxylation sites is 1. The summed E-state index contributed by atoms with van der Waals surface area (Å²) in [4.78, 5) is 0. The van der Waals surface area contributed by atoms with Crippen molar-refractivity contribution in [3.8, 4) is 0 Å². The van der Waals surface area contributed by atoms with Gasteiger partial charge in [-0.1, -0.05) is 18.2 Å². The van der Waals surface area contributed by atoms with Gasteiger partial charge in [0.15, 0.2) is 0 Å². The van der Waals surface area contributed by atoms with Crippen LogP contribution in [0.15, 0.2) is 18.2 Å². The van der Waals surface area contributed by atoms with E-state index in [1.54, 1.807) is 0 Å². The van der Waals surface area contributed by atoms with E-state index in [0.717, 1.165) is 39.4 Å². The maximum Gasteiger partial charge on any atom is 0.0608 e. The van der Waals surface area contributed by atoms with Crippen molar-refractivity contribution >= 4 is 5.69 Å². The van der Waals surface area contributed by atoms with Crippen molar-refractivity contribution in [2.24, 2.45) is 0 Å². The fourth-order valence-electron chi connectivity index (χ4n) is 2.65. The standard InChI is InChI=1S/C14H21N3O/c1-3-12-5-2-6-15-14(12)13(4-1)11-16-17-7-9-18-10-8-17/h1,3-4,15-16H,2,5-11H2. The van der Waals surface area contributed by atoms with E-state index in [2.05, 4.69) is 34.0 Å². The molecule has 0 atom stereocenters. The van der Waals surface area contributed by atoms with Crippen LogP contribution in [-0.4, -0.2) is 37.9 Å². The maximum absolute atomic E-state index is 5.35. The third kappa shape index (κ3) is 2.66. The van der Waals surface area contributed by atoms with Crippen molar-refractivity contribution in [2.75, 3.05) is 38.2 Å². The van der Waals surface area contributed by atoms with Crippen LogP contribution in [0.4, 0.5) is 5.69 Å². The summed E-state index contributed by atoms with van der Waals surface area (Å²) in [6, 6.07) is 6.62. The number of anilines is 1. The quantitative estimate of drug-likeness (QED) is 0.846. The summed E-state index contributed by atoms with van der Waals surface area (Å²) in [5, 5.41) is 5.79. The molecule has 0 bridgehead atoms. The zero-order chi connectivity index (χ0) is 12.2. The molecule has 0 aromatic heterocycles. The van der Waals surface area contributed by atoms with Gasteiger partial charge >= 0.3 is 0 Å². The highest BCUT2D eigenvalue weighted by atomic mass is 16.5. The summed E-state index contributed by atoms with van der Waals surface area (Å²) in [6.45, 7) is 5.61. The molecule has 98 valence electrons. The van der Waals surface area contributed by atoms with Gasteiger partial charge in [0.05, 0.1) is 13.2 Å². The largest absolute Gasteiger partial charge is 0.385 e. The third-order valence-corrected chi connectivity index (χ3v) is 3.67. The van der Waals surface area contributed by atoms with E-state index >= 15 is 0 Å². The molecule has 0 amide bonds. The highest BCUT2D eigenvalue weighted by Crippen LogP contribution is 2.25. The van der Waals surface area contributed by atoms with Crippen LogP contribution in [0.25, 0.3) is 0 Å². The average molecular weight is 247 g/mol. The highest BCUT2D eigenvalue weighted by Gasteiger charge is 2.14. The minimum Gasteiger partial charge on any atom is -0.385 e. The molecule has 3 rings (SSSR count). The van der Waals surface area contributed by atoms with Crippen molar-refractivity contribution < 1.29 is 4.74 Å². The van der Waals surface area contributed by atoms with Gasteiger partial charge in [0.1, 0.15) is 0 Å². The molecule has 18 heavy (non-hydrogen) atoms. The number of fused-ring (bicyclic) bond motifs is 1. The summed E-state index contributed by atoms with van der Waals surface area (Å²) < 4.78 is 5.35. The lowest BCUT2D eigenvalue weighted by Crippen LogP contribution is -2.45. The molecule has 0 aliphatic carbocycles. The van der Waals surface area contributed by atoms with Crippen LogP contribution in [-0.2, 0) is 17.7 Å². The van der Waals surface area contributed by atoms with E-state index in [0.29, 0.717) is 0 Å². The average Bonchev–Trinajstić information content (AvgIpc) is 2.46. The molecular weight excluding hydrogens is 226 g/mol. The number of nitrogens with zero attached hydrogens (tertiary/aromatic N) is 1. The summed E-state index contributed by atoms with van der Waals surface area (Å²) in [7, 11) is 0. The van der Waals surface area contributed by atoms with Gasteiger partial charge in [-0.05, 0) is 24.0 Å². The number of ether oxygens (including phenoxy) is 1. The molecule has 0 radical (unpaired) electrons. The van der Waals surface area contributed by atoms with Crippen molar-refractivity contribution in [1.82, 2.24) is 10.4 Å². The second-order valence-electron chi connectivity index (χ2n) is 4.92. The molecule has 0 unspecified atom stereocenters. The van der Waals surface area contributed by atoms with E-state index in [4.69, 9.17) is 4.74 Å². The predicted octanol–water partition coefficient (Wildman–Crippen LogP) is 1.38. The van der Waals surface area contributed by atoms with E-state index in [1.165, 1.54) is 29.7 Å². The molecule has 2 N–H and O–H groups in total. The van der Waals surface area contributed by atoms with E-state index < -0.39 is 0 Å². The zero-order valence-electron chi connectivity index (χ0n) is 10.7. The lowest BCUT2D eigenvalue weighted by Gasteiger charge is -2.28. The van der Waals surface area contributed by atoms with Crippen LogP contribution in [0.2, 0.25) is 0 Å². The molecule has 2 aliphatic heterocycles. The van der Waals surface area contributed by atoms with Crippen molar-refractivity contribution in [1.29, 1.82) is 0 Å². The number of aryl methyl sites for hydroxylation is 1. The zero-order valence-corrected chi connectivity index (χ0v) is 10.7. The Morgan fingerprint density at radius 1 is 1.28 bits per heavy atom. The van der Waals surface area contributed by atoms with Crippen LogP contribution < -0.4 is 10.7 Å². The van der Waals surface area contributed by atoms with Crippen LogP contribution in [0.3, 0.4) is 0 Å². The van der Waals surface area contributed by atoms with E-state index in [9.17, 15) is 0 Å². The Kier molecular flexibility index (Phi) is 3.78. The lowest BCUT2D eigenvalue weighted by atomic mass is 9.99. The van der Waals surface area contributed by atoms with Gasteiger partial charge in [-0.25, -0.2) is 5.01 Å². The van der Waals surface area contributed by atoms with Crippen LogP contribution in [0.1, 0.15) is 17.5 Å². The highest BCUT2D eigenvalue weighted by molar-refractivity contribution is 5.59. The van der Waals surface area contributed by atoms with Gasteiger partial charge in [-0.15, -0.1) is 0 Å². The molecule has 4 nitrogen and oxygen atoms in total. The molecule has 2 heterocycles. The Balaban J connectivity index is 1.65. The van der Waals surface area contributed by atoms with Crippen LogP contribution in [0.5, 0.6) is 0 Å². The minimum absolute atomic E-state index is 0.831. The smallest absolute Gasteiger partial charge is 0.0608 e. The summed E-state index contributed by atoms with van der Waals surface area (Å²) in [5.41, 5.74) is 7.69. The van der Waals surface area contributed by atoms with Gasteiger partial charge in [-0.3, -0.25) is 5.43 Å². The normalized spacial score (nSPS) is 20.2. The molecule has 0 saturated carbocycles. The predicted molar refractivity (Wildman–Crippen MR) is 72.5 cm³/mol. The van der Waals surface area contributed by atoms with Crippen LogP contribution in [0, 0.1) is 0 Å². The molecule has 1 saturated heterocycles. The number of hydrazine groups is 1. The molecule has 2 aliphatic rings. The third-order valence-electron chi connectivity index (χ3n) is 3.67. The Morgan fingerprint density at radius 2 is 2.17 bits per heavy atom. The first-order valence-electron chi connectivity index (χ1n) is 6.84. The molecule has 1 aromatic carbocycles. The van der Waals surface area contributed by atoms with Crippen LogP contribution >= 0.6 is 0 Å².